The summed E-state index contributed by atoms with van der Waals surface area (Å²) < 4.78 is 1.65. The highest BCUT2D eigenvalue weighted by Crippen LogP contribution is 2.23. The molecule has 1 amide bonds. The van der Waals surface area contributed by atoms with Crippen molar-refractivity contribution < 1.29 is 4.79 Å². The van der Waals surface area contributed by atoms with Crippen LogP contribution in [0, 0.1) is 6.92 Å². The maximum Gasteiger partial charge on any atom is 0.261 e. The molecule has 0 unspecified atom stereocenters. The van der Waals surface area contributed by atoms with E-state index in [1.54, 1.807) is 34.9 Å². The predicted octanol–water partition coefficient (Wildman–Crippen LogP) is 6.33. The summed E-state index contributed by atoms with van der Waals surface area (Å²) in [5.41, 5.74) is 4.61. The first-order chi connectivity index (χ1) is 17.0. The third-order valence-electron chi connectivity index (χ3n) is 5.89. The van der Waals surface area contributed by atoms with Crippen LogP contribution >= 0.6 is 11.6 Å². The molecule has 0 aliphatic carbocycles. The van der Waals surface area contributed by atoms with E-state index in [4.69, 9.17) is 11.6 Å². The lowest BCUT2D eigenvalue weighted by Gasteiger charge is -2.13. The zero-order valence-electron chi connectivity index (χ0n) is 19.0. The smallest absolute Gasteiger partial charge is 0.261 e. The summed E-state index contributed by atoms with van der Waals surface area (Å²) in [6.45, 7) is 2.22. The van der Waals surface area contributed by atoms with Crippen LogP contribution in [0.4, 0.5) is 5.69 Å². The average Bonchev–Trinajstić information content (AvgIpc) is 2.88. The number of rotatable bonds is 5. The van der Waals surface area contributed by atoms with E-state index in [1.807, 2.05) is 73.7 Å². The number of nitrogens with one attached hydrogen (secondary N) is 1. The molecule has 0 aliphatic rings. The maximum atomic E-state index is 13.4. The first kappa shape index (κ1) is 22.6. The summed E-state index contributed by atoms with van der Waals surface area (Å²) in [7, 11) is 0. The molecule has 0 radical (unpaired) electrons. The SMILES string of the molecule is Cc1nc2ccc(NC(=O)c3ccccc3)cc2c(=O)n1Cc1ccc(-c2cccc(Cl)c2)cc1. The number of hydrogen-bond acceptors (Lipinski definition) is 3. The molecule has 1 aromatic heterocycles. The summed E-state index contributed by atoms with van der Waals surface area (Å²) in [4.78, 5) is 30.5. The monoisotopic (exact) mass is 479 g/mol. The van der Waals surface area contributed by atoms with Gasteiger partial charge in [-0.3, -0.25) is 14.2 Å². The molecule has 0 bridgehead atoms. The van der Waals surface area contributed by atoms with E-state index in [9.17, 15) is 9.59 Å². The number of carbonyl (C=O) groups is 1. The van der Waals surface area contributed by atoms with Gasteiger partial charge in [-0.1, -0.05) is 66.2 Å². The molecular weight excluding hydrogens is 458 g/mol. The van der Waals surface area contributed by atoms with Crippen molar-refractivity contribution >= 4 is 34.1 Å². The Labute approximate surface area is 207 Å². The number of aromatic nitrogens is 2. The topological polar surface area (TPSA) is 64.0 Å². The highest BCUT2D eigenvalue weighted by atomic mass is 35.5. The molecule has 6 heteroatoms. The fourth-order valence-electron chi connectivity index (χ4n) is 4.04. The fraction of sp³-hybridized carbons (Fsp3) is 0.0690. The zero-order chi connectivity index (χ0) is 24.4. The lowest BCUT2D eigenvalue weighted by Crippen LogP contribution is -2.24. The Bertz CT molecular complexity index is 1590. The van der Waals surface area contributed by atoms with Crippen LogP contribution in [0.25, 0.3) is 22.0 Å². The normalized spacial score (nSPS) is 10.9. The largest absolute Gasteiger partial charge is 0.322 e. The Hall–Kier alpha value is -4.22. The molecule has 172 valence electrons. The predicted molar refractivity (Wildman–Crippen MR) is 141 cm³/mol. The van der Waals surface area contributed by atoms with E-state index in [2.05, 4.69) is 10.3 Å². The molecule has 5 aromatic rings. The van der Waals surface area contributed by atoms with Crippen LogP contribution in [0.3, 0.4) is 0 Å². The number of amides is 1. The Morgan fingerprint density at radius 2 is 1.66 bits per heavy atom. The quantitative estimate of drug-likeness (QED) is 0.320. The molecule has 0 atom stereocenters. The van der Waals surface area contributed by atoms with Crippen molar-refractivity contribution in [1.82, 2.24) is 9.55 Å². The molecule has 0 fully saturated rings. The van der Waals surface area contributed by atoms with Crippen molar-refractivity contribution in [3.8, 4) is 11.1 Å². The molecule has 0 spiro atoms. The second-order valence-corrected chi connectivity index (χ2v) is 8.75. The molecule has 5 nitrogen and oxygen atoms in total. The molecule has 0 saturated heterocycles. The van der Waals surface area contributed by atoms with Gasteiger partial charge in [-0.25, -0.2) is 4.98 Å². The Morgan fingerprint density at radius 1 is 0.886 bits per heavy atom. The minimum absolute atomic E-state index is 0.151. The van der Waals surface area contributed by atoms with Crippen molar-refractivity contribution in [2.45, 2.75) is 13.5 Å². The van der Waals surface area contributed by atoms with E-state index in [0.29, 0.717) is 39.5 Å². The van der Waals surface area contributed by atoms with Crippen LogP contribution < -0.4 is 10.9 Å². The van der Waals surface area contributed by atoms with E-state index in [0.717, 1.165) is 16.7 Å². The van der Waals surface area contributed by atoms with E-state index >= 15 is 0 Å². The third-order valence-corrected chi connectivity index (χ3v) is 6.13. The van der Waals surface area contributed by atoms with Crippen molar-refractivity contribution in [1.29, 1.82) is 0 Å². The zero-order valence-corrected chi connectivity index (χ0v) is 19.8. The second-order valence-electron chi connectivity index (χ2n) is 8.31. The summed E-state index contributed by atoms with van der Waals surface area (Å²) in [6, 6.07) is 29.9. The number of fused-ring (bicyclic) bond motifs is 1. The van der Waals surface area contributed by atoms with Gasteiger partial charge in [0.15, 0.2) is 0 Å². The number of nitrogens with zero attached hydrogens (tertiary/aromatic N) is 2. The molecule has 1 heterocycles. The highest BCUT2D eigenvalue weighted by molar-refractivity contribution is 6.30. The molecule has 4 aromatic carbocycles. The van der Waals surface area contributed by atoms with Crippen LogP contribution in [-0.2, 0) is 6.54 Å². The van der Waals surface area contributed by atoms with Gasteiger partial charge in [0.25, 0.3) is 11.5 Å². The van der Waals surface area contributed by atoms with Crippen LogP contribution in [0.5, 0.6) is 0 Å². The molecular formula is C29H22ClN3O2. The van der Waals surface area contributed by atoms with Gasteiger partial charge in [-0.15, -0.1) is 0 Å². The van der Waals surface area contributed by atoms with E-state index in [-0.39, 0.29) is 11.5 Å². The summed E-state index contributed by atoms with van der Waals surface area (Å²) in [6.07, 6.45) is 0. The summed E-state index contributed by atoms with van der Waals surface area (Å²) >= 11 is 6.12. The number of aryl methyl sites for hydroxylation is 1. The molecule has 35 heavy (non-hydrogen) atoms. The van der Waals surface area contributed by atoms with Crippen molar-refractivity contribution in [2.75, 3.05) is 5.32 Å². The van der Waals surface area contributed by atoms with Crippen LogP contribution in [0.1, 0.15) is 21.7 Å². The summed E-state index contributed by atoms with van der Waals surface area (Å²) in [5.74, 6) is 0.396. The number of carbonyl (C=O) groups excluding carboxylic acids is 1. The van der Waals surface area contributed by atoms with Crippen LogP contribution in [0.2, 0.25) is 5.02 Å². The van der Waals surface area contributed by atoms with Gasteiger partial charge >= 0.3 is 0 Å². The van der Waals surface area contributed by atoms with Crippen molar-refractivity contribution in [3.63, 3.8) is 0 Å². The van der Waals surface area contributed by atoms with Gasteiger partial charge in [-0.05, 0) is 66.1 Å². The molecule has 0 aliphatic heterocycles. The minimum atomic E-state index is -0.231. The molecule has 0 saturated carbocycles. The standard InChI is InChI=1S/C29H22ClN3O2/c1-19-31-27-15-14-25(32-28(34)22-6-3-2-4-7-22)17-26(27)29(35)33(19)18-20-10-12-21(13-11-20)23-8-5-9-24(30)16-23/h2-17H,18H2,1H3,(H,32,34). The molecule has 5 rings (SSSR count). The van der Waals surface area contributed by atoms with Crippen molar-refractivity contribution in [2.24, 2.45) is 0 Å². The lowest BCUT2D eigenvalue weighted by molar-refractivity contribution is 0.102. The van der Waals surface area contributed by atoms with Gasteiger partial charge in [0, 0.05) is 16.3 Å². The Balaban J connectivity index is 1.43. The van der Waals surface area contributed by atoms with Gasteiger partial charge in [0.1, 0.15) is 5.82 Å². The van der Waals surface area contributed by atoms with Crippen LogP contribution in [-0.4, -0.2) is 15.5 Å². The second kappa shape index (κ2) is 9.57. The van der Waals surface area contributed by atoms with Gasteiger partial charge in [-0.2, -0.15) is 0 Å². The number of hydrogen-bond donors (Lipinski definition) is 1. The number of benzene rings is 4. The number of halogens is 1. The van der Waals surface area contributed by atoms with Gasteiger partial charge in [0.2, 0.25) is 0 Å². The van der Waals surface area contributed by atoms with Gasteiger partial charge < -0.3 is 5.32 Å². The first-order valence-corrected chi connectivity index (χ1v) is 11.6. The number of anilines is 1. The van der Waals surface area contributed by atoms with E-state index < -0.39 is 0 Å². The Morgan fingerprint density at radius 3 is 2.40 bits per heavy atom. The van der Waals surface area contributed by atoms with E-state index in [1.165, 1.54) is 0 Å². The molecule has 1 N–H and O–H groups in total. The maximum absolute atomic E-state index is 13.4. The highest BCUT2D eigenvalue weighted by Gasteiger charge is 2.12. The Kier molecular flexibility index (Phi) is 6.17. The first-order valence-electron chi connectivity index (χ1n) is 11.2. The fourth-order valence-corrected chi connectivity index (χ4v) is 4.23. The average molecular weight is 480 g/mol. The van der Waals surface area contributed by atoms with Gasteiger partial charge in [0.05, 0.1) is 17.4 Å². The summed E-state index contributed by atoms with van der Waals surface area (Å²) in [5, 5.41) is 4.01. The third kappa shape index (κ3) is 4.86. The van der Waals surface area contributed by atoms with Crippen LogP contribution in [0.15, 0.2) is 102 Å². The minimum Gasteiger partial charge on any atom is -0.322 e. The van der Waals surface area contributed by atoms with Crippen molar-refractivity contribution in [3.05, 3.63) is 129 Å². The lowest BCUT2D eigenvalue weighted by atomic mass is 10.0.